The molecule has 94 valence electrons. The SMILES string of the molecule is CCNC(C)c1cccc(Oc2ccccc2)c1. The quantitative estimate of drug-likeness (QED) is 0.849. The third kappa shape index (κ3) is 3.34. The van der Waals surface area contributed by atoms with Gasteiger partial charge in [0.15, 0.2) is 0 Å². The van der Waals surface area contributed by atoms with Crippen LogP contribution in [0.1, 0.15) is 25.5 Å². The van der Waals surface area contributed by atoms with Crippen molar-refractivity contribution >= 4 is 0 Å². The van der Waals surface area contributed by atoms with Gasteiger partial charge < -0.3 is 10.1 Å². The van der Waals surface area contributed by atoms with Crippen LogP contribution in [0.4, 0.5) is 0 Å². The highest BCUT2D eigenvalue weighted by molar-refractivity contribution is 5.34. The highest BCUT2D eigenvalue weighted by Crippen LogP contribution is 2.24. The summed E-state index contributed by atoms with van der Waals surface area (Å²) in [7, 11) is 0. The van der Waals surface area contributed by atoms with Crippen molar-refractivity contribution in [2.24, 2.45) is 0 Å². The van der Waals surface area contributed by atoms with Crippen LogP contribution in [0.15, 0.2) is 54.6 Å². The first kappa shape index (κ1) is 12.7. The molecular formula is C16H19NO. The average molecular weight is 241 g/mol. The van der Waals surface area contributed by atoms with E-state index in [1.165, 1.54) is 5.56 Å². The maximum Gasteiger partial charge on any atom is 0.127 e. The molecule has 1 N–H and O–H groups in total. The van der Waals surface area contributed by atoms with Gasteiger partial charge in [0.25, 0.3) is 0 Å². The van der Waals surface area contributed by atoms with Gasteiger partial charge >= 0.3 is 0 Å². The Bertz CT molecular complexity index is 481. The first-order valence-corrected chi connectivity index (χ1v) is 6.36. The largest absolute Gasteiger partial charge is 0.457 e. The summed E-state index contributed by atoms with van der Waals surface area (Å²) < 4.78 is 5.82. The average Bonchev–Trinajstić information content (AvgIpc) is 2.40. The zero-order chi connectivity index (χ0) is 12.8. The molecular weight excluding hydrogens is 222 g/mol. The smallest absolute Gasteiger partial charge is 0.127 e. The van der Waals surface area contributed by atoms with Gasteiger partial charge in [-0.25, -0.2) is 0 Å². The predicted molar refractivity (Wildman–Crippen MR) is 75.0 cm³/mol. The molecule has 0 spiro atoms. The zero-order valence-corrected chi connectivity index (χ0v) is 10.9. The molecule has 0 aliphatic heterocycles. The second kappa shape index (κ2) is 6.22. The number of rotatable bonds is 5. The summed E-state index contributed by atoms with van der Waals surface area (Å²) in [4.78, 5) is 0. The summed E-state index contributed by atoms with van der Waals surface area (Å²) >= 11 is 0. The minimum absolute atomic E-state index is 0.342. The molecule has 1 unspecified atom stereocenters. The van der Waals surface area contributed by atoms with Crippen molar-refractivity contribution in [1.82, 2.24) is 5.32 Å². The first-order valence-electron chi connectivity index (χ1n) is 6.36. The van der Waals surface area contributed by atoms with Crippen LogP contribution in [0.5, 0.6) is 11.5 Å². The third-order valence-corrected chi connectivity index (χ3v) is 2.85. The fraction of sp³-hybridized carbons (Fsp3) is 0.250. The molecule has 1 atom stereocenters. The second-order valence-corrected chi connectivity index (χ2v) is 4.27. The number of hydrogen-bond donors (Lipinski definition) is 1. The van der Waals surface area contributed by atoms with E-state index in [1.807, 2.05) is 42.5 Å². The fourth-order valence-electron chi connectivity index (χ4n) is 1.90. The van der Waals surface area contributed by atoms with Crippen LogP contribution < -0.4 is 10.1 Å². The van der Waals surface area contributed by atoms with Gasteiger partial charge in [0.2, 0.25) is 0 Å². The molecule has 0 heterocycles. The van der Waals surface area contributed by atoms with Gasteiger partial charge in [-0.15, -0.1) is 0 Å². The molecule has 0 aliphatic rings. The molecule has 0 radical (unpaired) electrons. The Morgan fingerprint density at radius 1 is 1.00 bits per heavy atom. The Labute approximate surface area is 109 Å². The molecule has 0 saturated heterocycles. The highest BCUT2D eigenvalue weighted by Gasteiger charge is 2.05. The number of para-hydroxylation sites is 1. The number of nitrogens with one attached hydrogen (secondary N) is 1. The van der Waals surface area contributed by atoms with E-state index in [1.54, 1.807) is 0 Å². The van der Waals surface area contributed by atoms with Crippen molar-refractivity contribution in [1.29, 1.82) is 0 Å². The van der Waals surface area contributed by atoms with Gasteiger partial charge in [0, 0.05) is 6.04 Å². The Morgan fingerprint density at radius 2 is 1.72 bits per heavy atom. The molecule has 2 aromatic rings. The van der Waals surface area contributed by atoms with Crippen molar-refractivity contribution in [3.05, 3.63) is 60.2 Å². The highest BCUT2D eigenvalue weighted by atomic mass is 16.5. The van der Waals surface area contributed by atoms with Crippen LogP contribution in [0.25, 0.3) is 0 Å². The lowest BCUT2D eigenvalue weighted by molar-refractivity contribution is 0.480. The summed E-state index contributed by atoms with van der Waals surface area (Å²) in [5.41, 5.74) is 1.24. The summed E-state index contributed by atoms with van der Waals surface area (Å²) in [6.45, 7) is 5.23. The summed E-state index contributed by atoms with van der Waals surface area (Å²) in [6, 6.07) is 18.4. The van der Waals surface area contributed by atoms with Crippen LogP contribution in [0.3, 0.4) is 0 Å². The summed E-state index contributed by atoms with van der Waals surface area (Å²) in [6.07, 6.45) is 0. The van der Waals surface area contributed by atoms with Gasteiger partial charge in [-0.05, 0) is 43.3 Å². The summed E-state index contributed by atoms with van der Waals surface area (Å²) in [5.74, 6) is 1.74. The minimum Gasteiger partial charge on any atom is -0.457 e. The fourth-order valence-corrected chi connectivity index (χ4v) is 1.90. The number of hydrogen-bond acceptors (Lipinski definition) is 2. The van der Waals surface area contributed by atoms with Crippen LogP contribution in [-0.4, -0.2) is 6.54 Å². The lowest BCUT2D eigenvalue weighted by Gasteiger charge is -2.14. The van der Waals surface area contributed by atoms with Gasteiger partial charge in [0.1, 0.15) is 11.5 Å². The van der Waals surface area contributed by atoms with E-state index in [2.05, 4.69) is 31.3 Å². The van der Waals surface area contributed by atoms with Crippen LogP contribution in [0.2, 0.25) is 0 Å². The standard InChI is InChI=1S/C16H19NO/c1-3-17-13(2)14-8-7-11-16(12-14)18-15-9-5-4-6-10-15/h4-13,17H,3H2,1-2H3. The molecule has 18 heavy (non-hydrogen) atoms. The van der Waals surface area contributed by atoms with Crippen molar-refractivity contribution in [3.8, 4) is 11.5 Å². The molecule has 0 saturated carbocycles. The molecule has 2 heteroatoms. The maximum absolute atomic E-state index is 5.82. The van der Waals surface area contributed by atoms with Crippen LogP contribution in [0, 0.1) is 0 Å². The van der Waals surface area contributed by atoms with E-state index in [0.717, 1.165) is 18.0 Å². The van der Waals surface area contributed by atoms with Crippen LogP contribution in [-0.2, 0) is 0 Å². The van der Waals surface area contributed by atoms with E-state index in [-0.39, 0.29) is 0 Å². The topological polar surface area (TPSA) is 21.3 Å². The van der Waals surface area contributed by atoms with Gasteiger partial charge in [0.05, 0.1) is 0 Å². The molecule has 0 aliphatic carbocycles. The Morgan fingerprint density at radius 3 is 2.44 bits per heavy atom. The molecule has 2 rings (SSSR count). The molecule has 2 nitrogen and oxygen atoms in total. The molecule has 0 fully saturated rings. The lowest BCUT2D eigenvalue weighted by atomic mass is 10.1. The Kier molecular flexibility index (Phi) is 4.37. The lowest BCUT2D eigenvalue weighted by Crippen LogP contribution is -2.17. The number of benzene rings is 2. The van der Waals surface area contributed by atoms with Crippen molar-refractivity contribution in [2.45, 2.75) is 19.9 Å². The van der Waals surface area contributed by atoms with Gasteiger partial charge in [-0.3, -0.25) is 0 Å². The van der Waals surface area contributed by atoms with Gasteiger partial charge in [-0.1, -0.05) is 37.3 Å². The van der Waals surface area contributed by atoms with E-state index >= 15 is 0 Å². The second-order valence-electron chi connectivity index (χ2n) is 4.27. The van der Waals surface area contributed by atoms with Crippen molar-refractivity contribution in [3.63, 3.8) is 0 Å². The van der Waals surface area contributed by atoms with Crippen molar-refractivity contribution < 1.29 is 4.74 Å². The van der Waals surface area contributed by atoms with E-state index in [9.17, 15) is 0 Å². The third-order valence-electron chi connectivity index (χ3n) is 2.85. The zero-order valence-electron chi connectivity index (χ0n) is 10.9. The summed E-state index contributed by atoms with van der Waals surface area (Å²) in [5, 5.41) is 3.40. The Hall–Kier alpha value is -1.80. The van der Waals surface area contributed by atoms with Crippen molar-refractivity contribution in [2.75, 3.05) is 6.54 Å². The van der Waals surface area contributed by atoms with Crippen LogP contribution >= 0.6 is 0 Å². The van der Waals surface area contributed by atoms with Gasteiger partial charge in [-0.2, -0.15) is 0 Å². The first-order chi connectivity index (χ1) is 8.79. The maximum atomic E-state index is 5.82. The number of ether oxygens (including phenoxy) is 1. The minimum atomic E-state index is 0.342. The molecule has 0 bridgehead atoms. The normalized spacial score (nSPS) is 12.1. The van der Waals surface area contributed by atoms with E-state index in [4.69, 9.17) is 4.74 Å². The molecule has 2 aromatic carbocycles. The van der Waals surface area contributed by atoms with E-state index < -0.39 is 0 Å². The molecule has 0 aromatic heterocycles. The molecule has 0 amide bonds. The Balaban J connectivity index is 2.12. The predicted octanol–water partition coefficient (Wildman–Crippen LogP) is 4.15. The van der Waals surface area contributed by atoms with E-state index in [0.29, 0.717) is 6.04 Å². The monoisotopic (exact) mass is 241 g/mol.